The quantitative estimate of drug-likeness (QED) is 0.490. The van der Waals surface area contributed by atoms with Gasteiger partial charge in [0.15, 0.2) is 0 Å². The molecule has 0 unspecified atom stereocenters. The third-order valence-corrected chi connectivity index (χ3v) is 1.54. The van der Waals surface area contributed by atoms with Crippen LogP contribution in [0.3, 0.4) is 0 Å². The van der Waals surface area contributed by atoms with E-state index in [0.29, 0.717) is 12.1 Å². The average molecular weight is 118 g/mol. The largest absolute Gasteiger partial charge is 0.0795 e. The molecule has 1 aliphatic carbocycles. The molecular weight excluding hydrogens is 108 g/mol. The number of rotatable bonds is 0. The summed E-state index contributed by atoms with van der Waals surface area (Å²) in [5, 5.41) is 0. The zero-order chi connectivity index (χ0) is 7.84. The number of fused-ring (bicyclic) bond motifs is 1. The first-order valence-corrected chi connectivity index (χ1v) is 3.04. The van der Waals surface area contributed by atoms with Gasteiger partial charge in [-0.05, 0) is 17.5 Å². The second-order valence-corrected chi connectivity index (χ2v) is 2.14. The van der Waals surface area contributed by atoms with Crippen molar-refractivity contribution in [2.75, 3.05) is 0 Å². The van der Waals surface area contributed by atoms with Gasteiger partial charge < -0.3 is 0 Å². The number of hydrogen-bond donors (Lipinski definition) is 0. The summed E-state index contributed by atoms with van der Waals surface area (Å²) < 4.78 is 14.9. The van der Waals surface area contributed by atoms with Gasteiger partial charge in [-0.25, -0.2) is 0 Å². The van der Waals surface area contributed by atoms with Gasteiger partial charge in [-0.15, -0.1) is 0 Å². The van der Waals surface area contributed by atoms with Crippen LogP contribution in [0.1, 0.15) is 13.9 Å². The maximum atomic E-state index is 7.55. The maximum Gasteiger partial charge on any atom is 0.0626 e. The summed E-state index contributed by atoms with van der Waals surface area (Å²) in [5.74, 6) is 0. The van der Waals surface area contributed by atoms with Crippen molar-refractivity contribution in [1.29, 1.82) is 0 Å². The van der Waals surface area contributed by atoms with E-state index in [2.05, 4.69) is 0 Å². The van der Waals surface area contributed by atoms with Crippen LogP contribution in [0.2, 0.25) is 0 Å². The summed E-state index contributed by atoms with van der Waals surface area (Å²) in [7, 11) is 0. The van der Waals surface area contributed by atoms with Gasteiger partial charge in [0.1, 0.15) is 0 Å². The SMILES string of the molecule is [2H]c1ccc2c(c1[2H])CC=C2. The molecule has 0 spiro atoms. The molecule has 0 heteroatoms. The third kappa shape index (κ3) is 0.672. The Hall–Kier alpha value is -1.04. The minimum atomic E-state index is 0.326. The van der Waals surface area contributed by atoms with Gasteiger partial charge in [-0.2, -0.15) is 0 Å². The second kappa shape index (κ2) is 1.73. The Morgan fingerprint density at radius 1 is 1.56 bits per heavy atom. The van der Waals surface area contributed by atoms with Crippen molar-refractivity contribution in [2.24, 2.45) is 0 Å². The Labute approximate surface area is 57.6 Å². The lowest BCUT2D eigenvalue weighted by Crippen LogP contribution is -1.76. The molecule has 0 fully saturated rings. The highest BCUT2D eigenvalue weighted by Gasteiger charge is 2.00. The van der Waals surface area contributed by atoms with Crippen molar-refractivity contribution in [1.82, 2.24) is 0 Å². The fraction of sp³-hybridized carbons (Fsp3) is 0.111. The van der Waals surface area contributed by atoms with E-state index in [4.69, 9.17) is 2.74 Å². The predicted octanol–water partition coefficient (Wildman–Crippen LogP) is 2.26. The van der Waals surface area contributed by atoms with Crippen LogP contribution in [-0.4, -0.2) is 0 Å². The summed E-state index contributed by atoms with van der Waals surface area (Å²) in [5.41, 5.74) is 2.10. The number of allylic oxidation sites excluding steroid dienone is 1. The van der Waals surface area contributed by atoms with E-state index >= 15 is 0 Å². The van der Waals surface area contributed by atoms with Crippen LogP contribution in [0.4, 0.5) is 0 Å². The van der Waals surface area contributed by atoms with Crippen LogP contribution >= 0.6 is 0 Å². The fourth-order valence-corrected chi connectivity index (χ4v) is 1.06. The highest BCUT2D eigenvalue weighted by Crippen LogP contribution is 2.17. The molecule has 0 atom stereocenters. The molecule has 9 heavy (non-hydrogen) atoms. The summed E-state index contributed by atoms with van der Waals surface area (Å²) >= 11 is 0. The van der Waals surface area contributed by atoms with Crippen molar-refractivity contribution in [3.8, 4) is 0 Å². The van der Waals surface area contributed by atoms with E-state index in [1.807, 2.05) is 18.2 Å². The van der Waals surface area contributed by atoms with Crippen molar-refractivity contribution < 1.29 is 2.74 Å². The smallest absolute Gasteiger partial charge is 0.0626 e. The monoisotopic (exact) mass is 118 g/mol. The highest BCUT2D eigenvalue weighted by molar-refractivity contribution is 5.59. The standard InChI is InChI=1S/C9H8/c1-2-5-9-7-3-6-8(9)4-1/h1-6H,7H2/i2D,5D. The Morgan fingerprint density at radius 2 is 2.56 bits per heavy atom. The molecule has 0 saturated carbocycles. The minimum absolute atomic E-state index is 0.326. The van der Waals surface area contributed by atoms with Crippen LogP contribution in [0, 0.1) is 0 Å². The lowest BCUT2D eigenvalue weighted by molar-refractivity contribution is 1.31. The summed E-state index contributed by atoms with van der Waals surface area (Å²) in [6.07, 6.45) is 4.86. The molecule has 0 N–H and O–H groups in total. The Balaban J connectivity index is 2.67. The van der Waals surface area contributed by atoms with Crippen molar-refractivity contribution in [3.63, 3.8) is 0 Å². The van der Waals surface area contributed by atoms with Crippen LogP contribution in [-0.2, 0) is 6.42 Å². The zero-order valence-electron chi connectivity index (χ0n) is 7.02. The van der Waals surface area contributed by atoms with Gasteiger partial charge in [0.2, 0.25) is 0 Å². The third-order valence-electron chi connectivity index (χ3n) is 1.54. The number of hydrogen-bond acceptors (Lipinski definition) is 0. The molecular formula is C9H8. The van der Waals surface area contributed by atoms with Crippen LogP contribution in [0.15, 0.2) is 30.3 Å². The molecule has 1 aromatic carbocycles. The molecule has 1 aromatic rings. The van der Waals surface area contributed by atoms with Crippen molar-refractivity contribution in [2.45, 2.75) is 6.42 Å². The predicted molar refractivity (Wildman–Crippen MR) is 39.2 cm³/mol. The molecule has 44 valence electrons. The van der Waals surface area contributed by atoms with Gasteiger partial charge in [0, 0.05) is 0 Å². The van der Waals surface area contributed by atoms with Crippen LogP contribution in [0.5, 0.6) is 0 Å². The molecule has 0 heterocycles. The second-order valence-electron chi connectivity index (χ2n) is 2.14. The summed E-state index contributed by atoms with van der Waals surface area (Å²) in [4.78, 5) is 0. The van der Waals surface area contributed by atoms with E-state index in [1.165, 1.54) is 0 Å². The first-order chi connectivity index (χ1) is 5.29. The van der Waals surface area contributed by atoms with Crippen LogP contribution in [0.25, 0.3) is 6.08 Å². The van der Waals surface area contributed by atoms with E-state index in [1.54, 1.807) is 6.07 Å². The first kappa shape index (κ1) is 3.21. The fourth-order valence-electron chi connectivity index (χ4n) is 1.06. The van der Waals surface area contributed by atoms with Gasteiger partial charge in [0.25, 0.3) is 0 Å². The van der Waals surface area contributed by atoms with Crippen LogP contribution < -0.4 is 0 Å². The molecule has 0 aromatic heterocycles. The zero-order valence-corrected chi connectivity index (χ0v) is 5.02. The van der Waals surface area contributed by atoms with Gasteiger partial charge in [-0.1, -0.05) is 36.4 Å². The average Bonchev–Trinajstić information content (AvgIpc) is 2.45. The Bertz CT molecular complexity index is 327. The Kier molecular flexibility index (Phi) is 0.616. The van der Waals surface area contributed by atoms with Gasteiger partial charge in [-0.3, -0.25) is 0 Å². The van der Waals surface area contributed by atoms with E-state index < -0.39 is 0 Å². The number of benzene rings is 1. The van der Waals surface area contributed by atoms with Gasteiger partial charge in [0.05, 0.1) is 2.74 Å². The lowest BCUT2D eigenvalue weighted by Gasteiger charge is -1.93. The molecule has 0 saturated heterocycles. The molecule has 0 nitrogen and oxygen atoms in total. The summed E-state index contributed by atoms with van der Waals surface area (Å²) in [6, 6.07) is 4.29. The van der Waals surface area contributed by atoms with E-state index in [9.17, 15) is 0 Å². The topological polar surface area (TPSA) is 0 Å². The lowest BCUT2D eigenvalue weighted by atomic mass is 10.1. The minimum Gasteiger partial charge on any atom is -0.0795 e. The normalized spacial score (nSPS) is 16.9. The molecule has 0 bridgehead atoms. The Morgan fingerprint density at radius 3 is 3.56 bits per heavy atom. The van der Waals surface area contributed by atoms with E-state index in [-0.39, 0.29) is 0 Å². The summed E-state index contributed by atoms with van der Waals surface area (Å²) in [6.45, 7) is 0. The first-order valence-electron chi connectivity index (χ1n) is 4.04. The van der Waals surface area contributed by atoms with E-state index in [0.717, 1.165) is 17.5 Å². The molecule has 0 radical (unpaired) electrons. The van der Waals surface area contributed by atoms with Crippen molar-refractivity contribution in [3.05, 3.63) is 41.4 Å². The highest BCUT2D eigenvalue weighted by atomic mass is 14.0. The van der Waals surface area contributed by atoms with Gasteiger partial charge >= 0.3 is 0 Å². The van der Waals surface area contributed by atoms with Crippen molar-refractivity contribution >= 4 is 6.08 Å². The molecule has 0 aliphatic heterocycles. The molecule has 2 rings (SSSR count). The molecule has 1 aliphatic rings. The maximum absolute atomic E-state index is 7.55. The molecule has 0 amide bonds.